The van der Waals surface area contributed by atoms with Crippen molar-refractivity contribution in [2.24, 2.45) is 5.11 Å². The Morgan fingerprint density at radius 2 is 2.00 bits per heavy atom. The van der Waals surface area contributed by atoms with Gasteiger partial charge in [0.2, 0.25) is 5.91 Å². The van der Waals surface area contributed by atoms with Crippen LogP contribution in [0.4, 0.5) is 11.4 Å². The van der Waals surface area contributed by atoms with Gasteiger partial charge in [-0.1, -0.05) is 17.2 Å². The van der Waals surface area contributed by atoms with Gasteiger partial charge in [-0.3, -0.25) is 4.79 Å². The number of anilines is 1. The molecule has 5 nitrogen and oxygen atoms in total. The first kappa shape index (κ1) is 10.1. The maximum absolute atomic E-state index is 11.0. The van der Waals surface area contributed by atoms with Gasteiger partial charge in [-0.25, -0.2) is 0 Å². The first-order valence-corrected chi connectivity index (χ1v) is 4.04. The smallest absolute Gasteiger partial charge is 0.223 e. The van der Waals surface area contributed by atoms with E-state index in [2.05, 4.69) is 10.0 Å². The number of benzene rings is 1. The van der Waals surface area contributed by atoms with Crippen LogP contribution in [0.25, 0.3) is 10.4 Å². The molecule has 0 unspecified atom stereocenters. The molecule has 0 aliphatic carbocycles. The van der Waals surface area contributed by atoms with Crippen molar-refractivity contribution in [1.82, 2.24) is 0 Å². The lowest BCUT2D eigenvalue weighted by molar-refractivity contribution is -0.116. The summed E-state index contributed by atoms with van der Waals surface area (Å²) in [5.74, 6) is -0.0402. The lowest BCUT2D eigenvalue weighted by Gasteiger charge is -2.14. The highest BCUT2D eigenvalue weighted by Gasteiger charge is 2.03. The van der Waals surface area contributed by atoms with Crippen molar-refractivity contribution in [3.8, 4) is 0 Å². The lowest BCUT2D eigenvalue weighted by atomic mass is 10.2. The fourth-order valence-corrected chi connectivity index (χ4v) is 0.976. The molecule has 1 amide bonds. The van der Waals surface area contributed by atoms with E-state index in [1.165, 1.54) is 11.8 Å². The van der Waals surface area contributed by atoms with Crippen LogP contribution in [0, 0.1) is 0 Å². The van der Waals surface area contributed by atoms with E-state index >= 15 is 0 Å². The SMILES string of the molecule is CC(=O)N(C)c1ccc(N=[N+]=[N-])cc1. The van der Waals surface area contributed by atoms with Gasteiger partial charge in [-0.15, -0.1) is 0 Å². The van der Waals surface area contributed by atoms with E-state index in [1.54, 1.807) is 31.3 Å². The molecule has 0 heterocycles. The zero-order valence-corrected chi connectivity index (χ0v) is 8.01. The van der Waals surface area contributed by atoms with E-state index in [-0.39, 0.29) is 5.91 Å². The van der Waals surface area contributed by atoms with Crippen LogP contribution in [0.1, 0.15) is 6.92 Å². The number of amides is 1. The van der Waals surface area contributed by atoms with Crippen LogP contribution < -0.4 is 4.90 Å². The number of carbonyl (C=O) groups is 1. The van der Waals surface area contributed by atoms with E-state index < -0.39 is 0 Å². The minimum Gasteiger partial charge on any atom is -0.316 e. The lowest BCUT2D eigenvalue weighted by Crippen LogP contribution is -2.22. The Bertz CT molecular complexity index is 378. The first-order valence-electron chi connectivity index (χ1n) is 4.04. The molecule has 0 aromatic heterocycles. The fourth-order valence-electron chi connectivity index (χ4n) is 0.976. The second-order valence-electron chi connectivity index (χ2n) is 2.78. The standard InChI is InChI=1S/C9H10N4O/c1-7(14)13(2)9-5-3-8(4-6-9)11-12-10/h3-6H,1-2H3. The van der Waals surface area contributed by atoms with Crippen molar-refractivity contribution in [3.63, 3.8) is 0 Å². The predicted octanol–water partition coefficient (Wildman–Crippen LogP) is 2.61. The van der Waals surface area contributed by atoms with Gasteiger partial charge in [0.25, 0.3) is 0 Å². The van der Waals surface area contributed by atoms with Crippen molar-refractivity contribution in [2.75, 3.05) is 11.9 Å². The maximum Gasteiger partial charge on any atom is 0.223 e. The molecular weight excluding hydrogens is 180 g/mol. The van der Waals surface area contributed by atoms with Gasteiger partial charge in [0.05, 0.1) is 0 Å². The van der Waals surface area contributed by atoms with Gasteiger partial charge < -0.3 is 4.90 Å². The van der Waals surface area contributed by atoms with Gasteiger partial charge in [-0.05, 0) is 17.7 Å². The molecule has 0 atom stereocenters. The first-order chi connectivity index (χ1) is 6.65. The minimum atomic E-state index is -0.0402. The molecule has 1 aromatic rings. The average molecular weight is 190 g/mol. The van der Waals surface area contributed by atoms with Crippen LogP contribution in [0.3, 0.4) is 0 Å². The number of nitrogens with zero attached hydrogens (tertiary/aromatic N) is 4. The predicted molar refractivity (Wildman–Crippen MR) is 54.3 cm³/mol. The highest BCUT2D eigenvalue weighted by atomic mass is 16.2. The number of carbonyl (C=O) groups excluding carboxylic acids is 1. The van der Waals surface area contributed by atoms with E-state index in [9.17, 15) is 4.79 Å². The monoisotopic (exact) mass is 190 g/mol. The zero-order valence-electron chi connectivity index (χ0n) is 8.01. The quantitative estimate of drug-likeness (QED) is 0.401. The fraction of sp³-hybridized carbons (Fsp3) is 0.222. The van der Waals surface area contributed by atoms with Crippen molar-refractivity contribution < 1.29 is 4.79 Å². The molecule has 0 aliphatic heterocycles. The molecule has 1 aromatic carbocycles. The summed E-state index contributed by atoms with van der Waals surface area (Å²) in [4.78, 5) is 15.2. The summed E-state index contributed by atoms with van der Waals surface area (Å²) in [7, 11) is 1.69. The molecule has 72 valence electrons. The van der Waals surface area contributed by atoms with Crippen LogP contribution in [-0.2, 0) is 4.79 Å². The minimum absolute atomic E-state index is 0.0402. The molecule has 0 fully saturated rings. The Morgan fingerprint density at radius 3 is 2.43 bits per heavy atom. The van der Waals surface area contributed by atoms with Crippen molar-refractivity contribution >= 4 is 17.3 Å². The Kier molecular flexibility index (Phi) is 3.09. The molecule has 0 bridgehead atoms. The molecule has 5 heteroatoms. The summed E-state index contributed by atoms with van der Waals surface area (Å²) in [5, 5.41) is 3.43. The number of hydrogen-bond acceptors (Lipinski definition) is 2. The molecule has 0 aliphatic rings. The molecule has 0 saturated heterocycles. The van der Waals surface area contributed by atoms with Gasteiger partial charge >= 0.3 is 0 Å². The second kappa shape index (κ2) is 4.30. The summed E-state index contributed by atoms with van der Waals surface area (Å²) in [6.45, 7) is 1.49. The van der Waals surface area contributed by atoms with E-state index in [0.717, 1.165) is 5.69 Å². The van der Waals surface area contributed by atoms with E-state index in [1.807, 2.05) is 0 Å². The number of azide groups is 1. The molecule has 14 heavy (non-hydrogen) atoms. The van der Waals surface area contributed by atoms with Gasteiger partial charge in [0.1, 0.15) is 0 Å². The summed E-state index contributed by atoms with van der Waals surface area (Å²) < 4.78 is 0. The summed E-state index contributed by atoms with van der Waals surface area (Å²) >= 11 is 0. The average Bonchev–Trinajstić information content (AvgIpc) is 2.18. The molecule has 0 radical (unpaired) electrons. The summed E-state index contributed by atoms with van der Waals surface area (Å²) in [6, 6.07) is 6.78. The van der Waals surface area contributed by atoms with Crippen LogP contribution in [-0.4, -0.2) is 13.0 Å². The second-order valence-corrected chi connectivity index (χ2v) is 2.78. The Hall–Kier alpha value is -2.00. The largest absolute Gasteiger partial charge is 0.316 e. The molecule has 1 rings (SSSR count). The topological polar surface area (TPSA) is 69.1 Å². The normalized spacial score (nSPS) is 9.00. The highest BCUT2D eigenvalue weighted by molar-refractivity contribution is 5.90. The number of hydrogen-bond donors (Lipinski definition) is 0. The third kappa shape index (κ3) is 2.24. The maximum atomic E-state index is 11.0. The van der Waals surface area contributed by atoms with Crippen LogP contribution in [0.2, 0.25) is 0 Å². The molecule has 0 spiro atoms. The van der Waals surface area contributed by atoms with Gasteiger partial charge in [0, 0.05) is 30.3 Å². The molecule has 0 N–H and O–H groups in total. The van der Waals surface area contributed by atoms with Gasteiger partial charge in [0.15, 0.2) is 0 Å². The van der Waals surface area contributed by atoms with Crippen LogP contribution >= 0.6 is 0 Å². The Morgan fingerprint density at radius 1 is 1.43 bits per heavy atom. The zero-order chi connectivity index (χ0) is 10.6. The summed E-state index contributed by atoms with van der Waals surface area (Å²) in [6.07, 6.45) is 0. The Balaban J connectivity index is 2.93. The van der Waals surface area contributed by atoms with Crippen molar-refractivity contribution in [2.45, 2.75) is 6.92 Å². The Labute approximate surface area is 81.6 Å². The third-order valence-corrected chi connectivity index (χ3v) is 1.87. The van der Waals surface area contributed by atoms with Crippen molar-refractivity contribution in [1.29, 1.82) is 0 Å². The van der Waals surface area contributed by atoms with E-state index in [0.29, 0.717) is 5.69 Å². The summed E-state index contributed by atoms with van der Waals surface area (Å²) in [5.41, 5.74) is 9.49. The van der Waals surface area contributed by atoms with Crippen LogP contribution in [0.15, 0.2) is 29.4 Å². The molecular formula is C9H10N4O. The molecule has 0 saturated carbocycles. The van der Waals surface area contributed by atoms with Crippen molar-refractivity contribution in [3.05, 3.63) is 34.7 Å². The van der Waals surface area contributed by atoms with Gasteiger partial charge in [-0.2, -0.15) is 0 Å². The number of rotatable bonds is 2. The third-order valence-electron chi connectivity index (χ3n) is 1.87. The van der Waals surface area contributed by atoms with E-state index in [4.69, 9.17) is 5.53 Å². The highest BCUT2D eigenvalue weighted by Crippen LogP contribution is 2.18. The van der Waals surface area contributed by atoms with Crippen LogP contribution in [0.5, 0.6) is 0 Å².